The maximum Gasteiger partial charge on any atom is 0.219 e. The van der Waals surface area contributed by atoms with Crippen LogP contribution < -0.4 is 0 Å². The third kappa shape index (κ3) is 3.19. The smallest absolute Gasteiger partial charge is 0.219 e. The zero-order valence-corrected chi connectivity index (χ0v) is 7.20. The van der Waals surface area contributed by atoms with Crippen LogP contribution in [0.2, 0.25) is 5.54 Å². The van der Waals surface area contributed by atoms with Crippen molar-refractivity contribution in [3.63, 3.8) is 0 Å². The van der Waals surface area contributed by atoms with Crippen molar-refractivity contribution >= 4 is 9.85 Å². The Morgan fingerprint density at radius 2 is 2.12 bits per heavy atom. The Labute approximate surface area is 53.5 Å². The van der Waals surface area contributed by atoms with Gasteiger partial charge >= 0.3 is 0 Å². The second-order valence-electron chi connectivity index (χ2n) is 2.22. The van der Waals surface area contributed by atoms with Gasteiger partial charge in [0.25, 0.3) is 0 Å². The minimum Gasteiger partial charge on any atom is -0.322 e. The lowest BCUT2D eigenvalue weighted by molar-refractivity contribution is 0.657. The molecule has 0 nitrogen and oxygen atoms in total. The van der Waals surface area contributed by atoms with Crippen molar-refractivity contribution < 1.29 is 4.11 Å². The van der Waals surface area contributed by atoms with E-state index in [0.29, 0.717) is 5.54 Å². The molecular weight excluding hydrogens is 119 g/mol. The average Bonchev–Trinajstić information content (AvgIpc) is 1.83. The van der Waals surface area contributed by atoms with Crippen molar-refractivity contribution in [2.75, 3.05) is 0 Å². The summed E-state index contributed by atoms with van der Waals surface area (Å²) in [4.78, 5) is 0. The topological polar surface area (TPSA) is 0 Å². The molecule has 1 unspecified atom stereocenters. The van der Waals surface area contributed by atoms with E-state index in [0.717, 1.165) is 19.3 Å². The van der Waals surface area contributed by atoms with Gasteiger partial charge in [0.1, 0.15) is 0 Å². The van der Waals surface area contributed by atoms with E-state index in [2.05, 4.69) is 13.8 Å². The van der Waals surface area contributed by atoms with Crippen molar-refractivity contribution in [3.05, 3.63) is 0 Å². The van der Waals surface area contributed by atoms with E-state index in [1.165, 1.54) is 0 Å². The molecule has 0 saturated heterocycles. The van der Waals surface area contributed by atoms with Crippen molar-refractivity contribution in [1.29, 1.82) is 0 Å². The standard InChI is InChI=1S/C6H15FSi/c1-3-5-6(4-2)8-7/h6H,3-5,8H2,1-2H3. The Hall–Kier alpha value is 0.147. The van der Waals surface area contributed by atoms with Gasteiger partial charge in [-0.05, 0) is 5.54 Å². The molecule has 0 amide bonds. The van der Waals surface area contributed by atoms with Crippen LogP contribution >= 0.6 is 0 Å². The molecule has 50 valence electrons. The van der Waals surface area contributed by atoms with Gasteiger partial charge in [-0.1, -0.05) is 33.1 Å². The third-order valence-electron chi connectivity index (χ3n) is 1.49. The first-order valence-corrected chi connectivity index (χ1v) is 4.76. The molecule has 0 radical (unpaired) electrons. The van der Waals surface area contributed by atoms with E-state index in [1.54, 1.807) is 0 Å². The minimum atomic E-state index is -1.18. The lowest BCUT2D eigenvalue weighted by Crippen LogP contribution is -1.95. The molecule has 0 spiro atoms. The largest absolute Gasteiger partial charge is 0.322 e. The minimum absolute atomic E-state index is 0.472. The zero-order chi connectivity index (χ0) is 6.41. The Kier molecular flexibility index (Phi) is 5.38. The van der Waals surface area contributed by atoms with Gasteiger partial charge in [-0.3, -0.25) is 0 Å². The molecule has 1 atom stereocenters. The lowest BCUT2D eigenvalue weighted by Gasteiger charge is -2.04. The first-order valence-electron chi connectivity index (χ1n) is 3.41. The highest BCUT2D eigenvalue weighted by molar-refractivity contribution is 6.28. The number of hydrogen-bond acceptors (Lipinski definition) is 0. The van der Waals surface area contributed by atoms with Crippen LogP contribution in [0.25, 0.3) is 0 Å². The van der Waals surface area contributed by atoms with Crippen LogP contribution in [-0.4, -0.2) is 9.85 Å². The van der Waals surface area contributed by atoms with Gasteiger partial charge in [-0.2, -0.15) is 0 Å². The lowest BCUT2D eigenvalue weighted by atomic mass is 10.2. The van der Waals surface area contributed by atoms with Gasteiger partial charge in [0.05, 0.1) is 0 Å². The van der Waals surface area contributed by atoms with E-state index in [4.69, 9.17) is 0 Å². The number of rotatable bonds is 4. The highest BCUT2D eigenvalue weighted by Gasteiger charge is 2.02. The summed E-state index contributed by atoms with van der Waals surface area (Å²) < 4.78 is 12.0. The van der Waals surface area contributed by atoms with E-state index >= 15 is 0 Å². The van der Waals surface area contributed by atoms with E-state index in [-0.39, 0.29) is 0 Å². The highest BCUT2D eigenvalue weighted by Crippen LogP contribution is 2.15. The predicted octanol–water partition coefficient (Wildman–Crippen LogP) is 2.04. The van der Waals surface area contributed by atoms with Crippen LogP contribution in [0.1, 0.15) is 33.1 Å². The molecule has 0 aliphatic rings. The van der Waals surface area contributed by atoms with Crippen molar-refractivity contribution in [1.82, 2.24) is 0 Å². The Morgan fingerprint density at radius 3 is 2.25 bits per heavy atom. The fourth-order valence-corrected chi connectivity index (χ4v) is 1.58. The molecule has 0 aliphatic carbocycles. The quantitative estimate of drug-likeness (QED) is 0.408. The van der Waals surface area contributed by atoms with Crippen LogP contribution in [0.3, 0.4) is 0 Å². The fraction of sp³-hybridized carbons (Fsp3) is 1.00. The molecule has 0 aromatic rings. The highest BCUT2D eigenvalue weighted by atomic mass is 28.3. The molecule has 0 saturated carbocycles. The molecule has 0 fully saturated rings. The van der Waals surface area contributed by atoms with E-state index in [9.17, 15) is 4.11 Å². The van der Waals surface area contributed by atoms with E-state index < -0.39 is 9.85 Å². The Balaban J connectivity index is 3.07. The predicted molar refractivity (Wildman–Crippen MR) is 38.6 cm³/mol. The van der Waals surface area contributed by atoms with Gasteiger partial charge in [0.2, 0.25) is 9.85 Å². The molecule has 0 bridgehead atoms. The SMILES string of the molecule is CCCC(CC)[SiH2]F. The monoisotopic (exact) mass is 134 g/mol. The van der Waals surface area contributed by atoms with Gasteiger partial charge in [0.15, 0.2) is 0 Å². The summed E-state index contributed by atoms with van der Waals surface area (Å²) in [7, 11) is -1.18. The fourth-order valence-electron chi connectivity index (χ4n) is 0.799. The van der Waals surface area contributed by atoms with Gasteiger partial charge in [-0.15, -0.1) is 0 Å². The summed E-state index contributed by atoms with van der Waals surface area (Å²) in [5, 5.41) is 0. The summed E-state index contributed by atoms with van der Waals surface area (Å²) in [6, 6.07) is 0. The molecule has 8 heavy (non-hydrogen) atoms. The maximum absolute atomic E-state index is 12.0. The van der Waals surface area contributed by atoms with Crippen LogP contribution in [0.4, 0.5) is 4.11 Å². The number of hydrogen-bond donors (Lipinski definition) is 0. The van der Waals surface area contributed by atoms with Gasteiger partial charge in [-0.25, -0.2) is 0 Å². The molecule has 0 aromatic heterocycles. The molecule has 0 aromatic carbocycles. The van der Waals surface area contributed by atoms with Crippen molar-refractivity contribution in [2.24, 2.45) is 0 Å². The van der Waals surface area contributed by atoms with Gasteiger partial charge in [0, 0.05) is 0 Å². The molecule has 0 N–H and O–H groups in total. The Morgan fingerprint density at radius 1 is 1.50 bits per heavy atom. The van der Waals surface area contributed by atoms with Crippen LogP contribution in [-0.2, 0) is 0 Å². The number of halogens is 1. The summed E-state index contributed by atoms with van der Waals surface area (Å²) in [5.41, 5.74) is 0.472. The van der Waals surface area contributed by atoms with Crippen molar-refractivity contribution in [2.45, 2.75) is 38.7 Å². The zero-order valence-electron chi connectivity index (χ0n) is 5.78. The Bertz CT molecular complexity index is 43.8. The first kappa shape index (κ1) is 8.15. The summed E-state index contributed by atoms with van der Waals surface area (Å²) in [6.45, 7) is 4.19. The van der Waals surface area contributed by atoms with Crippen LogP contribution in [0, 0.1) is 0 Å². The summed E-state index contributed by atoms with van der Waals surface area (Å²) in [5.74, 6) is 0. The molecule has 2 heteroatoms. The molecular formula is C6H15FSi. The van der Waals surface area contributed by atoms with Crippen molar-refractivity contribution in [3.8, 4) is 0 Å². The molecule has 0 rings (SSSR count). The average molecular weight is 134 g/mol. The normalized spacial score (nSPS) is 15.4. The van der Waals surface area contributed by atoms with Crippen LogP contribution in [0.15, 0.2) is 0 Å². The van der Waals surface area contributed by atoms with E-state index in [1.807, 2.05) is 0 Å². The third-order valence-corrected chi connectivity index (χ3v) is 2.91. The second kappa shape index (κ2) is 5.29. The molecule has 0 aliphatic heterocycles. The second-order valence-corrected chi connectivity index (χ2v) is 3.68. The summed E-state index contributed by atoms with van der Waals surface area (Å²) >= 11 is 0. The summed E-state index contributed by atoms with van der Waals surface area (Å²) in [6.07, 6.45) is 3.31. The van der Waals surface area contributed by atoms with Crippen LogP contribution in [0.5, 0.6) is 0 Å². The molecule has 0 heterocycles. The maximum atomic E-state index is 12.0. The first-order chi connectivity index (χ1) is 3.85. The van der Waals surface area contributed by atoms with Gasteiger partial charge < -0.3 is 4.11 Å².